The summed E-state index contributed by atoms with van der Waals surface area (Å²) in [6.07, 6.45) is 6.46. The molecule has 3 aliphatic rings. The summed E-state index contributed by atoms with van der Waals surface area (Å²) in [7, 11) is 0. The number of anilines is 2. The highest BCUT2D eigenvalue weighted by Crippen LogP contribution is 2.43. The van der Waals surface area contributed by atoms with Gasteiger partial charge in [-0.15, -0.1) is 0 Å². The molecule has 3 fully saturated rings. The van der Waals surface area contributed by atoms with Crippen molar-refractivity contribution >= 4 is 35.1 Å². The number of carboxylic acid groups (broad SMARTS) is 1. The second-order valence-corrected chi connectivity index (χ2v) is 13.6. The van der Waals surface area contributed by atoms with Crippen molar-refractivity contribution in [3.8, 4) is 0 Å². The molecule has 2 unspecified atom stereocenters. The Morgan fingerprint density at radius 1 is 1.11 bits per heavy atom. The Bertz CT molecular complexity index is 1750. The van der Waals surface area contributed by atoms with Crippen molar-refractivity contribution in [2.24, 2.45) is 5.92 Å². The number of aliphatic hydroxyl groups is 1. The van der Waals surface area contributed by atoms with Gasteiger partial charge in [0, 0.05) is 42.5 Å². The van der Waals surface area contributed by atoms with Crippen molar-refractivity contribution in [1.29, 1.82) is 0 Å². The van der Waals surface area contributed by atoms with Gasteiger partial charge in [0.15, 0.2) is 5.65 Å². The van der Waals surface area contributed by atoms with E-state index in [0.29, 0.717) is 48.6 Å². The number of amides is 2. The maximum atomic E-state index is 13.9. The third-order valence-electron chi connectivity index (χ3n) is 8.81. The number of β-amino-alcohol motifs (C(OH)–C–C–N with tert-alkyl or cyclic N) is 1. The van der Waals surface area contributed by atoms with Crippen LogP contribution in [0.3, 0.4) is 0 Å². The van der Waals surface area contributed by atoms with E-state index in [1.54, 1.807) is 15.5 Å². The highest BCUT2D eigenvalue weighted by Gasteiger charge is 2.33. The molecule has 13 heteroatoms. The lowest BCUT2D eigenvalue weighted by atomic mass is 9.94. The molecule has 2 amide bonds. The fraction of sp³-hybridized carbons (Fsp3) is 0.531. The van der Waals surface area contributed by atoms with Crippen LogP contribution in [0.5, 0.6) is 0 Å². The van der Waals surface area contributed by atoms with Crippen LogP contribution in [-0.4, -0.2) is 82.6 Å². The van der Waals surface area contributed by atoms with Gasteiger partial charge in [-0.1, -0.05) is 6.07 Å². The molecule has 3 N–H and O–H groups in total. The fourth-order valence-electron chi connectivity index (χ4n) is 6.15. The first-order valence-electron chi connectivity index (χ1n) is 15.8. The maximum absolute atomic E-state index is 13.9. The molecule has 4 aromatic rings. The largest absolute Gasteiger partial charge is 0.465 e. The minimum atomic E-state index is -1.03. The van der Waals surface area contributed by atoms with E-state index in [4.69, 9.17) is 14.7 Å². The number of aromatic nitrogens is 5. The lowest BCUT2D eigenvalue weighted by molar-refractivity contribution is 0.0294. The van der Waals surface area contributed by atoms with E-state index in [1.165, 1.54) is 23.4 Å². The molecular formula is C32H40N8O5. The number of likely N-dealkylation sites (tertiary alicyclic amines) is 1. The molecular weight excluding hydrogens is 576 g/mol. The minimum Gasteiger partial charge on any atom is -0.465 e. The maximum Gasteiger partial charge on any atom is 0.416 e. The standard InChI is InChI=1S/C32H40N8O5/c1-32(2,3)45-31(44)39(17-22-16-38-24(20-9-10-20)5-4-6-27(38)35-22)28-13-26(36-29-23(19-7-8-19)15-34-40(28)29)33-14-21-11-12-37(30(42)43)18-25(21)41/h4-6,13,15-16,19-21,25,41H,7-12,14,17-18H2,1-3H3,(H,33,36)(H,42,43). The highest BCUT2D eigenvalue weighted by atomic mass is 16.6. The molecule has 2 aliphatic carbocycles. The molecule has 4 aromatic heterocycles. The van der Waals surface area contributed by atoms with Crippen molar-refractivity contribution in [1.82, 2.24) is 28.9 Å². The molecule has 2 saturated carbocycles. The molecule has 5 heterocycles. The summed E-state index contributed by atoms with van der Waals surface area (Å²) in [5.74, 6) is 1.77. The van der Waals surface area contributed by atoms with E-state index >= 15 is 0 Å². The van der Waals surface area contributed by atoms with Gasteiger partial charge < -0.3 is 29.6 Å². The zero-order chi connectivity index (χ0) is 31.5. The van der Waals surface area contributed by atoms with Gasteiger partial charge in [0.25, 0.3) is 0 Å². The van der Waals surface area contributed by atoms with Crippen LogP contribution in [0.15, 0.2) is 36.7 Å². The number of rotatable bonds is 8. The van der Waals surface area contributed by atoms with Crippen molar-refractivity contribution in [3.63, 3.8) is 0 Å². The second-order valence-electron chi connectivity index (χ2n) is 13.6. The molecule has 45 heavy (non-hydrogen) atoms. The number of pyridine rings is 1. The minimum absolute atomic E-state index is 0.0712. The van der Waals surface area contributed by atoms with Crippen LogP contribution in [0.4, 0.5) is 21.2 Å². The van der Waals surface area contributed by atoms with Crippen molar-refractivity contribution < 1.29 is 24.5 Å². The number of hydrogen-bond acceptors (Lipinski definition) is 8. The van der Waals surface area contributed by atoms with Crippen LogP contribution < -0.4 is 10.2 Å². The summed E-state index contributed by atoms with van der Waals surface area (Å²) in [5, 5.41) is 28.1. The summed E-state index contributed by atoms with van der Waals surface area (Å²) in [6.45, 7) is 6.50. The average molecular weight is 617 g/mol. The number of nitrogens with zero attached hydrogens (tertiary/aromatic N) is 7. The number of fused-ring (bicyclic) bond motifs is 2. The summed E-state index contributed by atoms with van der Waals surface area (Å²) in [6, 6.07) is 7.93. The van der Waals surface area contributed by atoms with Gasteiger partial charge in [0.1, 0.15) is 22.9 Å². The Morgan fingerprint density at radius 3 is 2.58 bits per heavy atom. The number of carbonyl (C=O) groups is 2. The first-order chi connectivity index (χ1) is 21.5. The molecule has 1 aliphatic heterocycles. The van der Waals surface area contributed by atoms with E-state index in [0.717, 1.165) is 29.7 Å². The lowest BCUT2D eigenvalue weighted by Crippen LogP contribution is -2.47. The smallest absolute Gasteiger partial charge is 0.416 e. The number of ether oxygens (including phenoxy) is 1. The van der Waals surface area contributed by atoms with E-state index in [9.17, 15) is 19.8 Å². The third kappa shape index (κ3) is 6.13. The van der Waals surface area contributed by atoms with E-state index < -0.39 is 23.9 Å². The number of nitrogens with one attached hydrogen (secondary N) is 1. The van der Waals surface area contributed by atoms with Gasteiger partial charge >= 0.3 is 12.2 Å². The molecule has 2 atom stereocenters. The lowest BCUT2D eigenvalue weighted by Gasteiger charge is -2.34. The monoisotopic (exact) mass is 616 g/mol. The zero-order valence-corrected chi connectivity index (χ0v) is 25.9. The van der Waals surface area contributed by atoms with Crippen molar-refractivity contribution in [3.05, 3.63) is 53.6 Å². The van der Waals surface area contributed by atoms with Crippen LogP contribution in [0.2, 0.25) is 0 Å². The number of hydrogen-bond donors (Lipinski definition) is 3. The molecule has 0 radical (unpaired) electrons. The van der Waals surface area contributed by atoms with Crippen LogP contribution in [0.1, 0.15) is 81.7 Å². The van der Waals surface area contributed by atoms with Crippen LogP contribution in [-0.2, 0) is 11.3 Å². The number of aliphatic hydroxyl groups excluding tert-OH is 1. The average Bonchev–Trinajstić information content (AvgIpc) is 3.92. The Kier molecular flexibility index (Phi) is 7.30. The summed E-state index contributed by atoms with van der Waals surface area (Å²) < 4.78 is 9.73. The molecule has 13 nitrogen and oxygen atoms in total. The summed E-state index contributed by atoms with van der Waals surface area (Å²) >= 11 is 0. The molecule has 0 bridgehead atoms. The van der Waals surface area contributed by atoms with Gasteiger partial charge in [-0.2, -0.15) is 9.61 Å². The molecule has 1 saturated heterocycles. The predicted molar refractivity (Wildman–Crippen MR) is 167 cm³/mol. The molecule has 7 rings (SSSR count). The van der Waals surface area contributed by atoms with Crippen molar-refractivity contribution in [2.45, 2.75) is 83.0 Å². The van der Waals surface area contributed by atoms with Crippen molar-refractivity contribution in [2.75, 3.05) is 29.9 Å². The topological polar surface area (TPSA) is 150 Å². The second kappa shape index (κ2) is 11.2. The first kappa shape index (κ1) is 29.3. The zero-order valence-electron chi connectivity index (χ0n) is 25.9. The van der Waals surface area contributed by atoms with E-state index in [2.05, 4.69) is 20.9 Å². The van der Waals surface area contributed by atoms with Gasteiger partial charge in [0.2, 0.25) is 0 Å². The number of carbonyl (C=O) groups excluding carboxylic acids is 1. The summed E-state index contributed by atoms with van der Waals surface area (Å²) in [4.78, 5) is 37.9. The van der Waals surface area contributed by atoms with Crippen LogP contribution in [0.25, 0.3) is 11.3 Å². The number of piperidine rings is 1. The number of imidazole rings is 1. The molecule has 0 spiro atoms. The van der Waals surface area contributed by atoms with Gasteiger partial charge in [0.05, 0.1) is 31.1 Å². The highest BCUT2D eigenvalue weighted by molar-refractivity contribution is 5.88. The van der Waals surface area contributed by atoms with Gasteiger partial charge in [-0.3, -0.25) is 4.90 Å². The van der Waals surface area contributed by atoms with Crippen LogP contribution in [0, 0.1) is 5.92 Å². The van der Waals surface area contributed by atoms with Gasteiger partial charge in [-0.05, 0) is 76.8 Å². The Balaban J connectivity index is 1.24. The SMILES string of the molecule is CC(C)(C)OC(=O)N(Cc1cn2c(C3CC3)cccc2n1)c1cc(NCC2CCN(C(=O)O)CC2O)nc2c(C3CC3)cnn12. The quantitative estimate of drug-likeness (QED) is 0.253. The predicted octanol–water partition coefficient (Wildman–Crippen LogP) is 4.85. The third-order valence-corrected chi connectivity index (χ3v) is 8.81. The van der Waals surface area contributed by atoms with E-state index in [-0.39, 0.29) is 19.0 Å². The summed E-state index contributed by atoms with van der Waals surface area (Å²) in [5.41, 5.74) is 3.74. The molecule has 0 aromatic carbocycles. The normalized spacial score (nSPS) is 20.5. The first-order valence-corrected chi connectivity index (χ1v) is 15.8. The van der Waals surface area contributed by atoms with Crippen LogP contribution >= 0.6 is 0 Å². The molecule has 238 valence electrons. The van der Waals surface area contributed by atoms with Gasteiger partial charge in [-0.25, -0.2) is 19.6 Å². The van der Waals surface area contributed by atoms with E-state index in [1.807, 2.05) is 45.3 Å². The Labute approximate surface area is 260 Å². The fourth-order valence-corrected chi connectivity index (χ4v) is 6.15. The Morgan fingerprint density at radius 2 is 1.89 bits per heavy atom. The Hall–Kier alpha value is -4.39.